The van der Waals surface area contributed by atoms with Crippen LogP contribution in [-0.4, -0.2) is 16.8 Å². The number of benzene rings is 1. The van der Waals surface area contributed by atoms with Crippen molar-refractivity contribution in [3.05, 3.63) is 64.8 Å². The van der Waals surface area contributed by atoms with E-state index in [1.165, 1.54) is 11.3 Å². The van der Waals surface area contributed by atoms with Gasteiger partial charge in [0, 0.05) is 17.3 Å². The molecule has 0 aliphatic carbocycles. The molecule has 2 amide bonds. The molecule has 6 nitrogen and oxygen atoms in total. The quantitative estimate of drug-likeness (QED) is 0.544. The number of rotatable bonds is 5. The van der Waals surface area contributed by atoms with Crippen molar-refractivity contribution < 1.29 is 14.3 Å². The monoisotopic (exact) mass is 423 g/mol. The Morgan fingerprint density at radius 3 is 2.43 bits per heavy atom. The van der Waals surface area contributed by atoms with Crippen LogP contribution in [0.4, 0.5) is 10.7 Å². The number of ether oxygens (including phenoxy) is 1. The first-order valence-electron chi connectivity index (χ1n) is 9.55. The SMILES string of the molecule is Cc1cc(NC(=O)c2sc(NC(=O)C(C)(C)C)cc2C)ccc1Oc1cccnc1. The van der Waals surface area contributed by atoms with Crippen LogP contribution < -0.4 is 15.4 Å². The van der Waals surface area contributed by atoms with Gasteiger partial charge >= 0.3 is 0 Å². The van der Waals surface area contributed by atoms with Crippen molar-refractivity contribution in [2.75, 3.05) is 10.6 Å². The Balaban J connectivity index is 1.70. The van der Waals surface area contributed by atoms with Gasteiger partial charge in [0.05, 0.1) is 16.1 Å². The summed E-state index contributed by atoms with van der Waals surface area (Å²) < 4.78 is 5.83. The predicted molar refractivity (Wildman–Crippen MR) is 121 cm³/mol. The van der Waals surface area contributed by atoms with Crippen LogP contribution in [0.3, 0.4) is 0 Å². The lowest BCUT2D eigenvalue weighted by Gasteiger charge is -2.16. The zero-order valence-corrected chi connectivity index (χ0v) is 18.5. The van der Waals surface area contributed by atoms with E-state index >= 15 is 0 Å². The van der Waals surface area contributed by atoms with Crippen LogP contribution in [-0.2, 0) is 4.79 Å². The second kappa shape index (κ2) is 8.67. The molecule has 0 unspecified atom stereocenters. The number of nitrogens with zero attached hydrogens (tertiary/aromatic N) is 1. The molecule has 3 aromatic rings. The molecule has 2 aromatic heterocycles. The van der Waals surface area contributed by atoms with Gasteiger partial charge in [-0.3, -0.25) is 14.6 Å². The summed E-state index contributed by atoms with van der Waals surface area (Å²) in [7, 11) is 0. The van der Waals surface area contributed by atoms with Gasteiger partial charge in [-0.05, 0) is 61.4 Å². The Kier molecular flexibility index (Phi) is 6.22. The molecule has 2 heterocycles. The number of anilines is 2. The fraction of sp³-hybridized carbons (Fsp3) is 0.261. The fourth-order valence-electron chi connectivity index (χ4n) is 2.63. The third kappa shape index (κ3) is 5.24. The minimum absolute atomic E-state index is 0.0875. The molecule has 0 aliphatic rings. The first-order valence-corrected chi connectivity index (χ1v) is 10.4. The molecule has 30 heavy (non-hydrogen) atoms. The molecule has 0 bridgehead atoms. The average molecular weight is 424 g/mol. The summed E-state index contributed by atoms with van der Waals surface area (Å²) in [5.74, 6) is 1.04. The van der Waals surface area contributed by atoms with Crippen LogP contribution >= 0.6 is 11.3 Å². The van der Waals surface area contributed by atoms with Gasteiger partial charge in [-0.1, -0.05) is 20.8 Å². The number of hydrogen-bond donors (Lipinski definition) is 2. The Morgan fingerprint density at radius 1 is 1.03 bits per heavy atom. The molecule has 156 valence electrons. The molecule has 0 spiro atoms. The smallest absolute Gasteiger partial charge is 0.266 e. The lowest BCUT2D eigenvalue weighted by molar-refractivity contribution is -0.123. The van der Waals surface area contributed by atoms with Crippen molar-refractivity contribution >= 4 is 33.8 Å². The van der Waals surface area contributed by atoms with E-state index in [9.17, 15) is 9.59 Å². The maximum atomic E-state index is 12.8. The largest absolute Gasteiger partial charge is 0.455 e. The number of carbonyl (C=O) groups is 2. The number of aryl methyl sites for hydroxylation is 2. The first kappa shape index (κ1) is 21.5. The van der Waals surface area contributed by atoms with Gasteiger partial charge in [0.1, 0.15) is 11.5 Å². The van der Waals surface area contributed by atoms with Crippen LogP contribution in [0.25, 0.3) is 0 Å². The van der Waals surface area contributed by atoms with Crippen molar-refractivity contribution in [2.24, 2.45) is 5.41 Å². The van der Waals surface area contributed by atoms with Crippen LogP contribution in [0.1, 0.15) is 41.6 Å². The van der Waals surface area contributed by atoms with E-state index in [-0.39, 0.29) is 11.8 Å². The van der Waals surface area contributed by atoms with Crippen LogP contribution in [0.15, 0.2) is 48.8 Å². The van der Waals surface area contributed by atoms with Gasteiger partial charge in [0.15, 0.2) is 0 Å². The van der Waals surface area contributed by atoms with E-state index in [0.29, 0.717) is 27.1 Å². The zero-order chi connectivity index (χ0) is 21.9. The normalized spacial score (nSPS) is 11.1. The van der Waals surface area contributed by atoms with Crippen molar-refractivity contribution in [2.45, 2.75) is 34.6 Å². The maximum Gasteiger partial charge on any atom is 0.266 e. The third-order valence-corrected chi connectivity index (χ3v) is 5.49. The van der Waals surface area contributed by atoms with E-state index in [1.807, 2.05) is 58.9 Å². The highest BCUT2D eigenvalue weighted by Gasteiger charge is 2.23. The molecule has 1 aromatic carbocycles. The minimum atomic E-state index is -0.503. The number of hydrogen-bond acceptors (Lipinski definition) is 5. The molecule has 0 atom stereocenters. The number of amides is 2. The summed E-state index contributed by atoms with van der Waals surface area (Å²) in [5, 5.41) is 6.46. The summed E-state index contributed by atoms with van der Waals surface area (Å²) >= 11 is 1.26. The maximum absolute atomic E-state index is 12.8. The van der Waals surface area contributed by atoms with Gasteiger partial charge in [-0.15, -0.1) is 11.3 Å². The van der Waals surface area contributed by atoms with Crippen LogP contribution in [0, 0.1) is 19.3 Å². The standard InChI is InChI=1S/C23H25N3O3S/c1-14-11-16(8-9-18(14)29-17-7-6-10-24-13-17)25-21(27)20-15(2)12-19(30-20)26-22(28)23(3,4)5/h6-13H,1-5H3,(H,25,27)(H,26,28). The molecular weight excluding hydrogens is 398 g/mol. The number of pyridine rings is 1. The van der Waals surface area contributed by atoms with E-state index in [1.54, 1.807) is 24.5 Å². The third-order valence-electron chi connectivity index (χ3n) is 4.34. The zero-order valence-electron chi connectivity index (χ0n) is 17.7. The number of nitrogens with one attached hydrogen (secondary N) is 2. The number of carbonyl (C=O) groups excluding carboxylic acids is 2. The molecule has 3 rings (SSSR count). The molecule has 0 saturated carbocycles. The summed E-state index contributed by atoms with van der Waals surface area (Å²) in [6.45, 7) is 9.31. The van der Waals surface area contributed by atoms with Gasteiger partial charge in [0.25, 0.3) is 5.91 Å². The molecule has 2 N–H and O–H groups in total. The minimum Gasteiger partial charge on any atom is -0.455 e. The lowest BCUT2D eigenvalue weighted by Crippen LogP contribution is -2.27. The Hall–Kier alpha value is -3.19. The highest BCUT2D eigenvalue weighted by molar-refractivity contribution is 7.18. The van der Waals surface area contributed by atoms with Gasteiger partial charge < -0.3 is 15.4 Å². The molecule has 0 aliphatic heterocycles. The van der Waals surface area contributed by atoms with Crippen molar-refractivity contribution in [1.29, 1.82) is 0 Å². The van der Waals surface area contributed by atoms with Crippen molar-refractivity contribution in [3.8, 4) is 11.5 Å². The summed E-state index contributed by atoms with van der Waals surface area (Å²) in [5.41, 5.74) is 1.87. The average Bonchev–Trinajstić information content (AvgIpc) is 3.04. The highest BCUT2D eigenvalue weighted by Crippen LogP contribution is 2.30. The van der Waals surface area contributed by atoms with E-state index in [0.717, 1.165) is 11.1 Å². The van der Waals surface area contributed by atoms with Crippen LogP contribution in [0.2, 0.25) is 0 Å². The van der Waals surface area contributed by atoms with E-state index in [4.69, 9.17) is 4.74 Å². The van der Waals surface area contributed by atoms with E-state index in [2.05, 4.69) is 15.6 Å². The Morgan fingerprint density at radius 2 is 1.80 bits per heavy atom. The summed E-state index contributed by atoms with van der Waals surface area (Å²) in [6, 6.07) is 10.9. The predicted octanol–water partition coefficient (Wildman–Crippen LogP) is 5.79. The fourth-order valence-corrected chi connectivity index (χ4v) is 3.60. The Bertz CT molecular complexity index is 1070. The Labute approximate surface area is 180 Å². The first-order chi connectivity index (χ1) is 14.1. The number of thiophene rings is 1. The molecule has 0 saturated heterocycles. The number of aromatic nitrogens is 1. The van der Waals surface area contributed by atoms with E-state index < -0.39 is 5.41 Å². The van der Waals surface area contributed by atoms with Gasteiger partial charge in [-0.2, -0.15) is 0 Å². The second-order valence-electron chi connectivity index (χ2n) is 8.05. The summed E-state index contributed by atoms with van der Waals surface area (Å²) in [4.78, 5) is 29.6. The molecule has 0 radical (unpaired) electrons. The van der Waals surface area contributed by atoms with Crippen molar-refractivity contribution in [3.63, 3.8) is 0 Å². The van der Waals surface area contributed by atoms with Crippen LogP contribution in [0.5, 0.6) is 11.5 Å². The lowest BCUT2D eigenvalue weighted by atomic mass is 9.96. The van der Waals surface area contributed by atoms with Gasteiger partial charge in [-0.25, -0.2) is 0 Å². The second-order valence-corrected chi connectivity index (χ2v) is 9.10. The molecule has 7 heteroatoms. The molecule has 0 fully saturated rings. The van der Waals surface area contributed by atoms with Gasteiger partial charge in [0.2, 0.25) is 5.91 Å². The summed E-state index contributed by atoms with van der Waals surface area (Å²) in [6.07, 6.45) is 3.33. The van der Waals surface area contributed by atoms with Crippen molar-refractivity contribution in [1.82, 2.24) is 4.98 Å². The molecular formula is C23H25N3O3S. The highest BCUT2D eigenvalue weighted by atomic mass is 32.1. The topological polar surface area (TPSA) is 80.3 Å².